The Morgan fingerprint density at radius 1 is 1.40 bits per heavy atom. The van der Waals surface area contributed by atoms with Crippen LogP contribution in [0, 0.1) is 0 Å². The van der Waals surface area contributed by atoms with E-state index in [4.69, 9.17) is 0 Å². The van der Waals surface area contributed by atoms with Gasteiger partial charge in [0, 0.05) is 0 Å². The highest BCUT2D eigenvalue weighted by Crippen LogP contribution is 1.97. The van der Waals surface area contributed by atoms with E-state index in [2.05, 4.69) is 25.7 Å². The Kier molecular flexibility index (Phi) is 5.85. The van der Waals surface area contributed by atoms with Gasteiger partial charge < -0.3 is 0 Å². The van der Waals surface area contributed by atoms with Gasteiger partial charge in [-0.3, -0.25) is 0 Å². The highest BCUT2D eigenvalue weighted by Gasteiger charge is 1.76. The van der Waals surface area contributed by atoms with E-state index in [1.807, 2.05) is 19.1 Å². The first kappa shape index (κ1) is 9.22. The summed E-state index contributed by atoms with van der Waals surface area (Å²) in [6, 6.07) is 0. The molecule has 0 N–H and O–H groups in total. The summed E-state index contributed by atoms with van der Waals surface area (Å²) in [4.78, 5) is 0. The highest BCUT2D eigenvalue weighted by molar-refractivity contribution is 5.26. The minimum atomic E-state index is 1.08. The Morgan fingerprint density at radius 3 is 2.60 bits per heavy atom. The van der Waals surface area contributed by atoms with E-state index >= 15 is 0 Å². The number of allylic oxidation sites excluding steroid dienone is 5. The van der Waals surface area contributed by atoms with E-state index < -0.39 is 0 Å². The summed E-state index contributed by atoms with van der Waals surface area (Å²) < 4.78 is 0. The lowest BCUT2D eigenvalue weighted by Crippen LogP contribution is -1.66. The maximum atomic E-state index is 3.84. The van der Waals surface area contributed by atoms with Crippen LogP contribution in [0.15, 0.2) is 36.5 Å². The molecule has 0 radical (unpaired) electrons. The van der Waals surface area contributed by atoms with Crippen molar-refractivity contribution in [1.29, 1.82) is 0 Å². The van der Waals surface area contributed by atoms with Crippen LogP contribution in [0.25, 0.3) is 0 Å². The van der Waals surface area contributed by atoms with Crippen LogP contribution >= 0.6 is 0 Å². The topological polar surface area (TPSA) is 0 Å². The molecule has 0 aliphatic rings. The second kappa shape index (κ2) is 6.34. The normalized spacial score (nSPS) is 11.4. The Morgan fingerprint density at radius 2 is 2.10 bits per heavy atom. The van der Waals surface area contributed by atoms with Crippen LogP contribution in [-0.4, -0.2) is 0 Å². The van der Waals surface area contributed by atoms with Crippen molar-refractivity contribution in [2.24, 2.45) is 0 Å². The summed E-state index contributed by atoms with van der Waals surface area (Å²) in [6.07, 6.45) is 10.6. The van der Waals surface area contributed by atoms with Gasteiger partial charge in [0.1, 0.15) is 0 Å². The van der Waals surface area contributed by atoms with E-state index in [1.54, 1.807) is 0 Å². The van der Waals surface area contributed by atoms with Crippen LogP contribution in [0.2, 0.25) is 0 Å². The smallest absolute Gasteiger partial charge is 0.0335 e. The number of unbranched alkanes of at least 4 members (excludes halogenated alkanes) is 1. The van der Waals surface area contributed by atoms with Crippen LogP contribution in [-0.2, 0) is 0 Å². The Balaban J connectivity index is 3.56. The van der Waals surface area contributed by atoms with Crippen molar-refractivity contribution in [3.05, 3.63) is 36.5 Å². The summed E-state index contributed by atoms with van der Waals surface area (Å²) in [7, 11) is 0. The number of hydrogen-bond donors (Lipinski definition) is 0. The molecule has 10 heavy (non-hydrogen) atoms. The molecule has 0 unspecified atom stereocenters. The summed E-state index contributed by atoms with van der Waals surface area (Å²) in [5, 5.41) is 0. The number of rotatable bonds is 4. The number of hydrogen-bond acceptors (Lipinski definition) is 0. The fourth-order valence-corrected chi connectivity index (χ4v) is 0.671. The van der Waals surface area contributed by atoms with Gasteiger partial charge in [-0.15, -0.1) is 0 Å². The minimum absolute atomic E-state index is 1.08. The molecule has 0 aromatic rings. The first-order valence-electron chi connectivity index (χ1n) is 3.79. The summed E-state index contributed by atoms with van der Waals surface area (Å²) in [5.74, 6) is 0. The maximum Gasteiger partial charge on any atom is -0.0335 e. The van der Waals surface area contributed by atoms with E-state index in [9.17, 15) is 0 Å². The standard InChI is InChI=1S/C10H16/c1-4-6-7-9-10(3)8-5-2/h5,7-9H,3-4,6H2,1-2H3. The maximum absolute atomic E-state index is 3.84. The fraction of sp³-hybridized carbons (Fsp3) is 0.400. The molecule has 0 rings (SSSR count). The van der Waals surface area contributed by atoms with Gasteiger partial charge in [0.25, 0.3) is 0 Å². The largest absolute Gasteiger partial charge is 0.0918 e. The van der Waals surface area contributed by atoms with Crippen molar-refractivity contribution >= 4 is 0 Å². The summed E-state index contributed by atoms with van der Waals surface area (Å²) >= 11 is 0. The first-order chi connectivity index (χ1) is 4.81. The van der Waals surface area contributed by atoms with Gasteiger partial charge in [-0.05, 0) is 18.9 Å². The van der Waals surface area contributed by atoms with Crippen LogP contribution in [0.4, 0.5) is 0 Å². The quantitative estimate of drug-likeness (QED) is 0.519. The molecule has 0 atom stereocenters. The minimum Gasteiger partial charge on any atom is -0.0918 e. The predicted molar refractivity (Wildman–Crippen MR) is 48.0 cm³/mol. The molecule has 56 valence electrons. The van der Waals surface area contributed by atoms with Gasteiger partial charge in [-0.1, -0.05) is 44.2 Å². The van der Waals surface area contributed by atoms with Gasteiger partial charge in [0.2, 0.25) is 0 Å². The first-order valence-corrected chi connectivity index (χ1v) is 3.79. The van der Waals surface area contributed by atoms with Gasteiger partial charge in [-0.2, -0.15) is 0 Å². The molecule has 0 saturated carbocycles. The van der Waals surface area contributed by atoms with E-state index in [-0.39, 0.29) is 0 Å². The SMILES string of the molecule is C=C(C=CC)C=CCCC. The molecule has 0 aromatic heterocycles. The Labute approximate surface area is 64.0 Å². The monoisotopic (exact) mass is 136 g/mol. The van der Waals surface area contributed by atoms with Gasteiger partial charge >= 0.3 is 0 Å². The fourth-order valence-electron chi connectivity index (χ4n) is 0.671. The lowest BCUT2D eigenvalue weighted by molar-refractivity contribution is 0.958. The molecular formula is C10H16. The zero-order chi connectivity index (χ0) is 7.82. The van der Waals surface area contributed by atoms with Gasteiger partial charge in [0.15, 0.2) is 0 Å². The molecule has 0 nitrogen and oxygen atoms in total. The average molecular weight is 136 g/mol. The van der Waals surface area contributed by atoms with Crippen LogP contribution < -0.4 is 0 Å². The van der Waals surface area contributed by atoms with Crippen molar-refractivity contribution in [3.63, 3.8) is 0 Å². The summed E-state index contributed by atoms with van der Waals surface area (Å²) in [5.41, 5.74) is 1.08. The van der Waals surface area contributed by atoms with Crippen molar-refractivity contribution in [3.8, 4) is 0 Å². The third kappa shape index (κ3) is 5.36. The van der Waals surface area contributed by atoms with Crippen molar-refractivity contribution in [2.45, 2.75) is 26.7 Å². The van der Waals surface area contributed by atoms with Crippen molar-refractivity contribution in [1.82, 2.24) is 0 Å². The molecule has 0 aliphatic carbocycles. The molecule has 0 fully saturated rings. The van der Waals surface area contributed by atoms with Crippen LogP contribution in [0.5, 0.6) is 0 Å². The third-order valence-corrected chi connectivity index (χ3v) is 1.17. The van der Waals surface area contributed by atoms with Crippen molar-refractivity contribution in [2.75, 3.05) is 0 Å². The zero-order valence-electron chi connectivity index (χ0n) is 6.93. The molecule has 0 saturated heterocycles. The molecule has 0 aromatic carbocycles. The Bertz CT molecular complexity index is 138. The summed E-state index contributed by atoms with van der Waals surface area (Å²) in [6.45, 7) is 8.01. The second-order valence-corrected chi connectivity index (χ2v) is 2.27. The predicted octanol–water partition coefficient (Wildman–Crippen LogP) is 3.48. The van der Waals surface area contributed by atoms with Gasteiger partial charge in [-0.25, -0.2) is 0 Å². The second-order valence-electron chi connectivity index (χ2n) is 2.27. The lowest BCUT2D eigenvalue weighted by atomic mass is 10.2. The van der Waals surface area contributed by atoms with Crippen LogP contribution in [0.1, 0.15) is 26.7 Å². The van der Waals surface area contributed by atoms with E-state index in [1.165, 1.54) is 6.42 Å². The van der Waals surface area contributed by atoms with E-state index in [0.29, 0.717) is 0 Å². The van der Waals surface area contributed by atoms with Crippen molar-refractivity contribution < 1.29 is 0 Å². The highest BCUT2D eigenvalue weighted by atomic mass is 13.8. The van der Waals surface area contributed by atoms with Gasteiger partial charge in [0.05, 0.1) is 0 Å². The Hall–Kier alpha value is -0.780. The molecule has 0 aliphatic heterocycles. The lowest BCUT2D eigenvalue weighted by Gasteiger charge is -1.87. The van der Waals surface area contributed by atoms with E-state index in [0.717, 1.165) is 12.0 Å². The molecule has 0 heterocycles. The third-order valence-electron chi connectivity index (χ3n) is 1.17. The average Bonchev–Trinajstić information content (AvgIpc) is 1.89. The zero-order valence-corrected chi connectivity index (χ0v) is 6.93. The molecule has 0 spiro atoms. The molecular weight excluding hydrogens is 120 g/mol. The van der Waals surface area contributed by atoms with Crippen LogP contribution in [0.3, 0.4) is 0 Å². The molecule has 0 amide bonds. The molecule has 0 heteroatoms. The molecule has 0 bridgehead atoms.